The molecule has 0 saturated carbocycles. The third-order valence-corrected chi connectivity index (χ3v) is 11.9. The van der Waals surface area contributed by atoms with Gasteiger partial charge in [0.25, 0.3) is 23.6 Å². The molecule has 3 aromatic carbocycles. The van der Waals surface area contributed by atoms with Crippen molar-refractivity contribution in [1.82, 2.24) is 15.8 Å². The van der Waals surface area contributed by atoms with Gasteiger partial charge in [0.05, 0.1) is 43.6 Å². The first-order chi connectivity index (χ1) is 29.6. The Kier molecular flexibility index (Phi) is 15.7. The Hall–Kier alpha value is -5.87. The van der Waals surface area contributed by atoms with Crippen molar-refractivity contribution in [1.29, 1.82) is 0 Å². The van der Waals surface area contributed by atoms with Gasteiger partial charge in [-0.2, -0.15) is 4.57 Å². The van der Waals surface area contributed by atoms with Crippen molar-refractivity contribution in [2.75, 3.05) is 38.2 Å². The van der Waals surface area contributed by atoms with E-state index in [1.807, 2.05) is 4.57 Å². The molecule has 0 spiro atoms. The van der Waals surface area contributed by atoms with Crippen LogP contribution in [0.15, 0.2) is 60.7 Å². The maximum atomic E-state index is 14.1. The summed E-state index contributed by atoms with van der Waals surface area (Å²) in [5.41, 5.74) is 5.62. The quantitative estimate of drug-likeness (QED) is 0.0140. The number of hydroxylamine groups is 2. The van der Waals surface area contributed by atoms with Crippen LogP contribution in [0.1, 0.15) is 83.2 Å². The zero-order valence-corrected chi connectivity index (χ0v) is 36.7. The predicted octanol–water partition coefficient (Wildman–Crippen LogP) is 2.36. The summed E-state index contributed by atoms with van der Waals surface area (Å²) in [6, 6.07) is 17.3. The lowest BCUT2D eigenvalue weighted by atomic mass is 10.0. The van der Waals surface area contributed by atoms with Crippen LogP contribution in [0, 0.1) is 13.8 Å². The number of aromatic nitrogens is 1. The second-order valence-corrected chi connectivity index (χ2v) is 18.6. The molecule has 1 fully saturated rings. The first-order valence-electron chi connectivity index (χ1n) is 20.2. The van der Waals surface area contributed by atoms with E-state index in [1.54, 1.807) is 81.6 Å². The van der Waals surface area contributed by atoms with Crippen molar-refractivity contribution in [3.8, 4) is 5.75 Å². The number of fused-ring (bicyclic) bond motifs is 2. The van der Waals surface area contributed by atoms with Gasteiger partial charge in [-0.1, -0.05) is 24.3 Å². The van der Waals surface area contributed by atoms with Gasteiger partial charge in [-0.15, -0.1) is 5.06 Å². The number of para-hydroxylation sites is 2. The molecule has 1 saturated heterocycles. The molecule has 0 bridgehead atoms. The van der Waals surface area contributed by atoms with Crippen LogP contribution in [0.3, 0.4) is 0 Å². The average molecular weight is 912 g/mol. The number of hydrogen-bond acceptors (Lipinski definition) is 14. The summed E-state index contributed by atoms with van der Waals surface area (Å²) >= 11 is 0. The van der Waals surface area contributed by atoms with Gasteiger partial charge in [0.2, 0.25) is 11.0 Å². The zero-order valence-electron chi connectivity index (χ0n) is 35.0. The molecule has 338 valence electrons. The van der Waals surface area contributed by atoms with Gasteiger partial charge in [0, 0.05) is 80.7 Å². The lowest BCUT2D eigenvalue weighted by Gasteiger charge is -2.34. The topological polar surface area (TPSA) is 266 Å². The summed E-state index contributed by atoms with van der Waals surface area (Å²) < 4.78 is 75.6. The Balaban J connectivity index is 1.21. The van der Waals surface area contributed by atoms with Crippen molar-refractivity contribution < 1.29 is 73.4 Å². The molecule has 2 heterocycles. The van der Waals surface area contributed by atoms with Gasteiger partial charge in [-0.05, 0) is 55.7 Å². The lowest BCUT2D eigenvalue weighted by Crippen LogP contribution is -2.59. The number of carbonyl (C=O) groups excluding carboxylic acids is 6. The summed E-state index contributed by atoms with van der Waals surface area (Å²) in [4.78, 5) is 80.6. The first-order valence-corrected chi connectivity index (χ1v) is 23.3. The molecule has 19 nitrogen and oxygen atoms in total. The number of carbonyl (C=O) groups is 6. The fourth-order valence-corrected chi connectivity index (χ4v) is 8.43. The maximum Gasteiger partial charge on any atom is 0.345 e. The van der Waals surface area contributed by atoms with Crippen LogP contribution in [0.2, 0.25) is 0 Å². The minimum absolute atomic E-state index is 0.0190. The van der Waals surface area contributed by atoms with Gasteiger partial charge < -0.3 is 24.0 Å². The molecule has 2 N–H and O–H groups in total. The predicted molar refractivity (Wildman–Crippen MR) is 223 cm³/mol. The molecule has 21 heteroatoms. The van der Waals surface area contributed by atoms with Crippen molar-refractivity contribution in [2.24, 2.45) is 0 Å². The number of quaternary nitrogens is 1. The highest BCUT2D eigenvalue weighted by molar-refractivity contribution is 7.85. The van der Waals surface area contributed by atoms with Crippen LogP contribution in [-0.2, 0) is 50.8 Å². The van der Waals surface area contributed by atoms with Crippen molar-refractivity contribution in [2.45, 2.75) is 71.8 Å². The molecule has 0 radical (unpaired) electrons. The van der Waals surface area contributed by atoms with Crippen LogP contribution >= 0.6 is 0 Å². The number of nitrogens with zero attached hydrogens (tertiary/aromatic N) is 3. The SMILES string of the molecule is Cc1cc(C(=O)NCCC[N+](C)(CCCS(=O)(=O)[O-])NC(=O)CCCC(=O)ON2C(=O)CCC2=O)cc(C)c1OC(=O)c1c2ccccc2[n+](CCCS(=O)(=O)[O-])c2ccccc12. The third-order valence-electron chi connectivity index (χ3n) is 10.4. The second kappa shape index (κ2) is 20.5. The maximum absolute atomic E-state index is 14.1. The van der Waals surface area contributed by atoms with Crippen LogP contribution in [0.5, 0.6) is 5.75 Å². The molecule has 0 aliphatic carbocycles. The fourth-order valence-electron chi connectivity index (χ4n) is 7.46. The van der Waals surface area contributed by atoms with E-state index in [2.05, 4.69) is 10.7 Å². The molecule has 1 aliphatic heterocycles. The summed E-state index contributed by atoms with van der Waals surface area (Å²) in [5, 5.41) is 4.35. The number of hydrogen-bond donors (Lipinski definition) is 2. The smallest absolute Gasteiger partial charge is 0.345 e. The van der Waals surface area contributed by atoms with E-state index in [-0.39, 0.29) is 92.6 Å². The lowest BCUT2D eigenvalue weighted by molar-refractivity contribution is -0.943. The van der Waals surface area contributed by atoms with Crippen LogP contribution in [-0.4, -0.2) is 109 Å². The molecule has 4 aromatic rings. The first kappa shape index (κ1) is 48.2. The molecular weight excluding hydrogens is 863 g/mol. The van der Waals surface area contributed by atoms with E-state index in [0.717, 1.165) is 0 Å². The van der Waals surface area contributed by atoms with E-state index in [9.17, 15) is 54.7 Å². The zero-order chi connectivity index (χ0) is 46.1. The average Bonchev–Trinajstić information content (AvgIpc) is 3.51. The van der Waals surface area contributed by atoms with E-state index in [4.69, 9.17) is 9.57 Å². The highest BCUT2D eigenvalue weighted by Gasteiger charge is 2.33. The minimum atomic E-state index is -4.53. The molecule has 5 rings (SSSR count). The summed E-state index contributed by atoms with van der Waals surface area (Å²) in [6.07, 6.45) is -0.197. The van der Waals surface area contributed by atoms with Crippen molar-refractivity contribution in [3.63, 3.8) is 0 Å². The van der Waals surface area contributed by atoms with E-state index >= 15 is 0 Å². The van der Waals surface area contributed by atoms with E-state index in [0.29, 0.717) is 44.4 Å². The largest absolute Gasteiger partial charge is 0.748 e. The number of pyridine rings is 1. The van der Waals surface area contributed by atoms with Crippen molar-refractivity contribution in [3.05, 3.63) is 82.9 Å². The Morgan fingerprint density at radius 2 is 1.32 bits per heavy atom. The number of amides is 4. The molecule has 1 atom stereocenters. The van der Waals surface area contributed by atoms with E-state index < -0.39 is 67.3 Å². The Labute approximate surface area is 364 Å². The van der Waals surface area contributed by atoms with Crippen LogP contribution < -0.4 is 20.0 Å². The molecular formula is C42H49N5O14S2. The normalized spacial score (nSPS) is 14.1. The van der Waals surface area contributed by atoms with Gasteiger partial charge in [0.15, 0.2) is 6.54 Å². The highest BCUT2D eigenvalue weighted by atomic mass is 32.2. The van der Waals surface area contributed by atoms with Crippen LogP contribution in [0.25, 0.3) is 21.8 Å². The Morgan fingerprint density at radius 3 is 1.89 bits per heavy atom. The molecule has 1 aliphatic rings. The standard InChI is InChI=1S/C42H49N5O14S2/c1-28-26-30(27-29(2)40(28)60-42(53)39-31-12-4-6-14-33(31)45(21-10-24-62(54,55)56)34-15-7-5-13-32(34)39)41(52)43-20-9-22-47(3,23-11-25-63(57,58)59)44-35(48)16-8-17-38(51)61-46-36(49)18-19-37(46)50/h4-7,12-15,26-27H,8-11,16-25H2,1-3H3,(H2-2,43,44,48,52,54,55,56,57,58,59). The number of esters is 1. The molecule has 1 aromatic heterocycles. The van der Waals surface area contributed by atoms with E-state index in [1.165, 1.54) is 0 Å². The van der Waals surface area contributed by atoms with Gasteiger partial charge in [-0.25, -0.2) is 36.4 Å². The monoisotopic (exact) mass is 911 g/mol. The Morgan fingerprint density at radius 1 is 0.778 bits per heavy atom. The van der Waals surface area contributed by atoms with Gasteiger partial charge >= 0.3 is 11.9 Å². The second-order valence-electron chi connectivity index (χ2n) is 15.5. The number of ether oxygens (including phenoxy) is 1. The number of nitrogens with one attached hydrogen (secondary N) is 2. The number of aryl methyl sites for hydroxylation is 3. The van der Waals surface area contributed by atoms with Gasteiger partial charge in [-0.3, -0.25) is 19.2 Å². The summed E-state index contributed by atoms with van der Waals surface area (Å²) in [6.45, 7) is 4.00. The molecule has 63 heavy (non-hydrogen) atoms. The number of rotatable bonds is 21. The van der Waals surface area contributed by atoms with Crippen LogP contribution in [0.4, 0.5) is 0 Å². The molecule has 4 amide bonds. The summed E-state index contributed by atoms with van der Waals surface area (Å²) in [5.74, 6) is -4.66. The van der Waals surface area contributed by atoms with Gasteiger partial charge in [0.1, 0.15) is 18.8 Å². The summed E-state index contributed by atoms with van der Waals surface area (Å²) in [7, 11) is -7.34. The fraction of sp³-hybridized carbons (Fsp3) is 0.405. The van der Waals surface area contributed by atoms with Crippen molar-refractivity contribution >= 4 is 77.6 Å². The molecule has 1 unspecified atom stereocenters. The number of benzene rings is 3. The third kappa shape index (κ3) is 13.3. The number of imide groups is 1. The highest BCUT2D eigenvalue weighted by Crippen LogP contribution is 2.30. The Bertz CT molecular complexity index is 2580. The minimum Gasteiger partial charge on any atom is -0.748 e.